The summed E-state index contributed by atoms with van der Waals surface area (Å²) in [5, 5.41) is 17.0. The maximum Gasteiger partial charge on any atom is 0.156 e. The Labute approximate surface area is 106 Å². The fraction of sp³-hybridized carbons (Fsp3) is 0.846. The quantitative estimate of drug-likeness (QED) is 0.728. The highest BCUT2D eigenvalue weighted by Crippen LogP contribution is 2.20. The van der Waals surface area contributed by atoms with E-state index >= 15 is 0 Å². The number of aliphatic hydroxyl groups is 2. The molecule has 1 heterocycles. The minimum atomic E-state index is -0.564. The summed E-state index contributed by atoms with van der Waals surface area (Å²) in [5.41, 5.74) is 0. The fourth-order valence-corrected chi connectivity index (χ4v) is 1.51. The third-order valence-electron chi connectivity index (χ3n) is 2.33. The van der Waals surface area contributed by atoms with Crippen LogP contribution in [0, 0.1) is 0 Å². The van der Waals surface area contributed by atoms with Gasteiger partial charge in [0.15, 0.2) is 6.29 Å². The van der Waals surface area contributed by atoms with E-state index in [0.717, 1.165) is 12.8 Å². The Hall–Kier alpha value is -0.420. The van der Waals surface area contributed by atoms with Crippen molar-refractivity contribution in [3.8, 4) is 0 Å². The summed E-state index contributed by atoms with van der Waals surface area (Å²) in [4.78, 5) is 2.14. The van der Waals surface area contributed by atoms with Crippen LogP contribution in [-0.4, -0.2) is 54.3 Å². The summed E-state index contributed by atoms with van der Waals surface area (Å²) in [5.74, 6) is 0. The van der Waals surface area contributed by atoms with E-state index in [4.69, 9.17) is 9.84 Å². The van der Waals surface area contributed by atoms with Crippen molar-refractivity contribution in [2.24, 2.45) is 0 Å². The maximum atomic E-state index is 9.25. The summed E-state index contributed by atoms with van der Waals surface area (Å²) in [6, 6.07) is 0.466. The molecule has 17 heavy (non-hydrogen) atoms. The van der Waals surface area contributed by atoms with Crippen LogP contribution in [0.4, 0.5) is 0 Å². The molecule has 1 aliphatic rings. The highest BCUT2D eigenvalue weighted by Gasteiger charge is 2.26. The van der Waals surface area contributed by atoms with Gasteiger partial charge in [0.2, 0.25) is 0 Å². The molecule has 2 unspecified atom stereocenters. The zero-order chi connectivity index (χ0) is 13.8. The van der Waals surface area contributed by atoms with E-state index in [-0.39, 0.29) is 12.7 Å². The largest absolute Gasteiger partial charge is 0.392 e. The van der Waals surface area contributed by atoms with Crippen molar-refractivity contribution >= 4 is 0 Å². The van der Waals surface area contributed by atoms with E-state index in [9.17, 15) is 5.11 Å². The van der Waals surface area contributed by atoms with Crippen LogP contribution in [0.1, 0.15) is 33.6 Å². The summed E-state index contributed by atoms with van der Waals surface area (Å²) < 4.78 is 5.20. The smallest absolute Gasteiger partial charge is 0.156 e. The molecule has 4 nitrogen and oxygen atoms in total. The first-order valence-electron chi connectivity index (χ1n) is 6.23. The second kappa shape index (κ2) is 12.0. The van der Waals surface area contributed by atoms with Gasteiger partial charge in [-0.3, -0.25) is 0 Å². The minimum absolute atomic E-state index is 0.0833. The number of rotatable bonds is 2. The van der Waals surface area contributed by atoms with Crippen LogP contribution in [0.3, 0.4) is 0 Å². The molecule has 0 amide bonds. The first-order chi connectivity index (χ1) is 8.01. The van der Waals surface area contributed by atoms with Gasteiger partial charge in [-0.15, -0.1) is 6.58 Å². The molecule has 1 aliphatic heterocycles. The van der Waals surface area contributed by atoms with E-state index in [1.807, 2.05) is 34.9 Å². The van der Waals surface area contributed by atoms with E-state index in [2.05, 4.69) is 11.5 Å². The van der Waals surface area contributed by atoms with E-state index in [0.29, 0.717) is 6.04 Å². The third kappa shape index (κ3) is 10.5. The minimum Gasteiger partial charge on any atom is -0.392 e. The lowest BCUT2D eigenvalue weighted by atomic mass is 10.0. The van der Waals surface area contributed by atoms with Gasteiger partial charge >= 0.3 is 0 Å². The molecule has 0 bridgehead atoms. The SMILES string of the molecule is C=CCO.CC.C[C@@H]1CC(N(C)C)CC(O)O1. The first kappa shape index (κ1) is 18.9. The molecule has 0 aliphatic carbocycles. The van der Waals surface area contributed by atoms with Crippen LogP contribution in [0.25, 0.3) is 0 Å². The second-order valence-corrected chi connectivity index (χ2v) is 3.96. The molecule has 0 saturated carbocycles. The monoisotopic (exact) mass is 247 g/mol. The first-order valence-corrected chi connectivity index (χ1v) is 6.23. The second-order valence-electron chi connectivity index (χ2n) is 3.96. The molecule has 0 radical (unpaired) electrons. The standard InChI is InChI=1S/C8H17NO2.C3H6O.C2H6/c1-6-4-7(9(2)3)5-8(10)11-6;1-2-3-4;1-2/h6-8,10H,4-5H2,1-3H3;2,4H,1,3H2;1-2H3/t6-,7?,8?;;/m1../s1. The number of hydrogen-bond donors (Lipinski definition) is 2. The Morgan fingerprint density at radius 1 is 1.35 bits per heavy atom. The van der Waals surface area contributed by atoms with Gasteiger partial charge in [0.05, 0.1) is 12.7 Å². The molecular weight excluding hydrogens is 218 g/mol. The Kier molecular flexibility index (Phi) is 13.4. The van der Waals surface area contributed by atoms with Gasteiger partial charge < -0.3 is 19.8 Å². The van der Waals surface area contributed by atoms with Crippen LogP contribution >= 0.6 is 0 Å². The van der Waals surface area contributed by atoms with Gasteiger partial charge in [0.1, 0.15) is 0 Å². The van der Waals surface area contributed by atoms with Gasteiger partial charge in [-0.05, 0) is 27.4 Å². The molecule has 0 aromatic rings. The molecule has 4 heteroatoms. The molecule has 1 saturated heterocycles. The van der Waals surface area contributed by atoms with E-state index < -0.39 is 6.29 Å². The molecule has 1 fully saturated rings. The van der Waals surface area contributed by atoms with Gasteiger partial charge in [-0.2, -0.15) is 0 Å². The fourth-order valence-electron chi connectivity index (χ4n) is 1.51. The Morgan fingerprint density at radius 3 is 2.12 bits per heavy atom. The normalized spacial score (nSPS) is 27.4. The summed E-state index contributed by atoms with van der Waals surface area (Å²) in [7, 11) is 4.07. The third-order valence-corrected chi connectivity index (χ3v) is 2.33. The number of ether oxygens (including phenoxy) is 1. The summed E-state index contributed by atoms with van der Waals surface area (Å²) in [6.45, 7) is 9.31. The summed E-state index contributed by atoms with van der Waals surface area (Å²) >= 11 is 0. The van der Waals surface area contributed by atoms with Crippen molar-refractivity contribution in [3.63, 3.8) is 0 Å². The van der Waals surface area contributed by atoms with Crippen molar-refractivity contribution in [1.82, 2.24) is 4.90 Å². The highest BCUT2D eigenvalue weighted by molar-refractivity contribution is 4.75. The van der Waals surface area contributed by atoms with Gasteiger partial charge in [0, 0.05) is 12.5 Å². The molecule has 2 N–H and O–H groups in total. The van der Waals surface area contributed by atoms with Crippen molar-refractivity contribution in [2.75, 3.05) is 20.7 Å². The van der Waals surface area contributed by atoms with E-state index in [1.54, 1.807) is 0 Å². The molecular formula is C13H29NO3. The molecule has 1 rings (SSSR count). The van der Waals surface area contributed by atoms with Crippen molar-refractivity contribution in [3.05, 3.63) is 12.7 Å². The zero-order valence-corrected chi connectivity index (χ0v) is 11.9. The van der Waals surface area contributed by atoms with Gasteiger partial charge in [-0.1, -0.05) is 19.9 Å². The topological polar surface area (TPSA) is 52.9 Å². The van der Waals surface area contributed by atoms with Crippen LogP contribution in [0.2, 0.25) is 0 Å². The molecule has 0 aromatic heterocycles. The number of aliphatic hydroxyl groups excluding tert-OH is 2. The molecule has 3 atom stereocenters. The molecule has 0 spiro atoms. The van der Waals surface area contributed by atoms with E-state index in [1.165, 1.54) is 6.08 Å². The average molecular weight is 247 g/mol. The summed E-state index contributed by atoms with van der Waals surface area (Å²) in [6.07, 6.45) is 2.80. The lowest BCUT2D eigenvalue weighted by Gasteiger charge is -2.34. The molecule has 0 aromatic carbocycles. The number of nitrogens with zero attached hydrogens (tertiary/aromatic N) is 1. The molecule has 104 valence electrons. The average Bonchev–Trinajstić information content (AvgIpc) is 2.31. The van der Waals surface area contributed by atoms with Crippen LogP contribution < -0.4 is 0 Å². The Bertz CT molecular complexity index is 164. The van der Waals surface area contributed by atoms with Crippen LogP contribution in [0.5, 0.6) is 0 Å². The van der Waals surface area contributed by atoms with Crippen molar-refractivity contribution in [2.45, 2.75) is 52.0 Å². The van der Waals surface area contributed by atoms with Crippen LogP contribution in [0.15, 0.2) is 12.7 Å². The predicted molar refractivity (Wildman–Crippen MR) is 71.9 cm³/mol. The predicted octanol–water partition coefficient (Wildman–Crippen LogP) is 1.62. The van der Waals surface area contributed by atoms with Crippen LogP contribution in [-0.2, 0) is 4.74 Å². The lowest BCUT2D eigenvalue weighted by Crippen LogP contribution is -2.41. The highest BCUT2D eigenvalue weighted by atomic mass is 16.6. The number of hydrogen-bond acceptors (Lipinski definition) is 4. The van der Waals surface area contributed by atoms with Gasteiger partial charge in [-0.25, -0.2) is 0 Å². The zero-order valence-electron chi connectivity index (χ0n) is 11.9. The van der Waals surface area contributed by atoms with Crippen molar-refractivity contribution < 1.29 is 14.9 Å². The Balaban J connectivity index is 0. The van der Waals surface area contributed by atoms with Gasteiger partial charge in [0.25, 0.3) is 0 Å². The van der Waals surface area contributed by atoms with Crippen molar-refractivity contribution in [1.29, 1.82) is 0 Å². The Morgan fingerprint density at radius 2 is 1.82 bits per heavy atom. The lowest BCUT2D eigenvalue weighted by molar-refractivity contribution is -0.172. The maximum absolute atomic E-state index is 9.25.